The summed E-state index contributed by atoms with van der Waals surface area (Å²) in [6.45, 7) is 5.16. The van der Waals surface area contributed by atoms with Crippen LogP contribution in [0.25, 0.3) is 0 Å². The highest BCUT2D eigenvalue weighted by atomic mass is 16.2. The molecule has 2 saturated heterocycles. The summed E-state index contributed by atoms with van der Waals surface area (Å²) in [5, 5.41) is 0. The maximum Gasteiger partial charge on any atom is 0.226 e. The number of hydrogen-bond donors (Lipinski definition) is 0. The minimum atomic E-state index is 0.144. The van der Waals surface area contributed by atoms with Crippen LogP contribution >= 0.6 is 0 Å². The molecule has 2 amide bonds. The Morgan fingerprint density at radius 2 is 1.76 bits per heavy atom. The molecule has 0 spiro atoms. The molecule has 1 atom stereocenters. The van der Waals surface area contributed by atoms with E-state index in [0.29, 0.717) is 18.2 Å². The molecule has 4 heteroatoms. The van der Waals surface area contributed by atoms with Gasteiger partial charge in [0.05, 0.1) is 0 Å². The minimum absolute atomic E-state index is 0.144. The predicted molar refractivity (Wildman–Crippen MR) is 98.8 cm³/mol. The van der Waals surface area contributed by atoms with E-state index < -0.39 is 0 Å². The quantitative estimate of drug-likeness (QED) is 0.841. The van der Waals surface area contributed by atoms with Gasteiger partial charge in [0.2, 0.25) is 11.8 Å². The molecule has 2 heterocycles. The van der Waals surface area contributed by atoms with E-state index in [9.17, 15) is 9.59 Å². The number of piperidine rings is 1. The first-order valence-corrected chi connectivity index (χ1v) is 9.79. The highest BCUT2D eigenvalue weighted by Crippen LogP contribution is 2.32. The third-order valence-corrected chi connectivity index (χ3v) is 5.80. The lowest BCUT2D eigenvalue weighted by Crippen LogP contribution is -2.43. The van der Waals surface area contributed by atoms with E-state index in [2.05, 4.69) is 17.0 Å². The number of carbonyl (C=O) groups is 2. The highest BCUT2D eigenvalue weighted by Gasteiger charge is 2.35. The summed E-state index contributed by atoms with van der Waals surface area (Å²) in [7, 11) is 0. The molecule has 3 rings (SSSR count). The molecule has 2 aliphatic heterocycles. The summed E-state index contributed by atoms with van der Waals surface area (Å²) in [6, 6.07) is 10.3. The zero-order chi connectivity index (χ0) is 17.6. The van der Waals surface area contributed by atoms with E-state index in [0.717, 1.165) is 58.3 Å². The fraction of sp³-hybridized carbons (Fsp3) is 0.619. The van der Waals surface area contributed by atoms with Gasteiger partial charge in [-0.25, -0.2) is 0 Å². The van der Waals surface area contributed by atoms with Crippen LogP contribution in [0.2, 0.25) is 0 Å². The van der Waals surface area contributed by atoms with Crippen LogP contribution in [0.1, 0.15) is 51.0 Å². The Labute approximate surface area is 151 Å². The average Bonchev–Trinajstić information content (AvgIpc) is 2.84. The Morgan fingerprint density at radius 1 is 1.04 bits per heavy atom. The number of likely N-dealkylation sites (tertiary alicyclic amines) is 2. The van der Waals surface area contributed by atoms with Gasteiger partial charge in [-0.2, -0.15) is 0 Å². The van der Waals surface area contributed by atoms with E-state index in [-0.39, 0.29) is 11.8 Å². The van der Waals surface area contributed by atoms with Crippen molar-refractivity contribution in [1.29, 1.82) is 0 Å². The minimum Gasteiger partial charge on any atom is -0.343 e. The van der Waals surface area contributed by atoms with Crippen molar-refractivity contribution in [3.63, 3.8) is 0 Å². The Morgan fingerprint density at radius 3 is 2.44 bits per heavy atom. The topological polar surface area (TPSA) is 40.6 Å². The van der Waals surface area contributed by atoms with E-state index in [1.807, 2.05) is 30.0 Å². The predicted octanol–water partition coefficient (Wildman–Crippen LogP) is 3.46. The summed E-state index contributed by atoms with van der Waals surface area (Å²) < 4.78 is 0. The second kappa shape index (κ2) is 8.50. The van der Waals surface area contributed by atoms with Crippen LogP contribution < -0.4 is 0 Å². The number of carbonyl (C=O) groups excluding carboxylic acids is 2. The second-order valence-corrected chi connectivity index (χ2v) is 7.42. The zero-order valence-electron chi connectivity index (χ0n) is 15.3. The molecule has 136 valence electrons. The average molecular weight is 342 g/mol. The molecular formula is C21H30N2O2. The van der Waals surface area contributed by atoms with Gasteiger partial charge in [0.1, 0.15) is 0 Å². The second-order valence-electron chi connectivity index (χ2n) is 7.42. The van der Waals surface area contributed by atoms with Gasteiger partial charge >= 0.3 is 0 Å². The Kier molecular flexibility index (Phi) is 6.11. The molecule has 2 fully saturated rings. The normalized spacial score (nSPS) is 22.8. The third kappa shape index (κ3) is 4.42. The number of rotatable bonds is 4. The maximum atomic E-state index is 13.2. The Bertz CT molecular complexity index is 579. The van der Waals surface area contributed by atoms with Crippen molar-refractivity contribution < 1.29 is 9.59 Å². The molecule has 1 aromatic carbocycles. The van der Waals surface area contributed by atoms with Gasteiger partial charge in [-0.1, -0.05) is 43.7 Å². The molecule has 0 radical (unpaired) electrons. The van der Waals surface area contributed by atoms with Gasteiger partial charge < -0.3 is 9.80 Å². The molecular weight excluding hydrogens is 312 g/mol. The van der Waals surface area contributed by atoms with Gasteiger partial charge in [-0.05, 0) is 37.2 Å². The molecule has 4 nitrogen and oxygen atoms in total. The lowest BCUT2D eigenvalue weighted by Gasteiger charge is -2.36. The number of amides is 2. The summed E-state index contributed by atoms with van der Waals surface area (Å²) in [6.07, 6.45) is 5.77. The first-order valence-electron chi connectivity index (χ1n) is 9.79. The van der Waals surface area contributed by atoms with Crippen LogP contribution in [0.4, 0.5) is 0 Å². The van der Waals surface area contributed by atoms with Crippen molar-refractivity contribution in [2.45, 2.75) is 52.0 Å². The Hall–Kier alpha value is -1.84. The summed E-state index contributed by atoms with van der Waals surface area (Å²) in [5.74, 6) is 1.16. The number of nitrogens with zero attached hydrogens (tertiary/aromatic N) is 2. The number of benzene rings is 1. The first kappa shape index (κ1) is 18.0. The third-order valence-electron chi connectivity index (χ3n) is 5.80. The van der Waals surface area contributed by atoms with Crippen molar-refractivity contribution in [1.82, 2.24) is 9.80 Å². The zero-order valence-corrected chi connectivity index (χ0v) is 15.3. The molecule has 2 aliphatic rings. The van der Waals surface area contributed by atoms with Gasteiger partial charge in [0.25, 0.3) is 0 Å². The van der Waals surface area contributed by atoms with Crippen LogP contribution in [0, 0.1) is 11.8 Å². The lowest BCUT2D eigenvalue weighted by atomic mass is 9.81. The van der Waals surface area contributed by atoms with Gasteiger partial charge in [0.15, 0.2) is 0 Å². The van der Waals surface area contributed by atoms with Crippen molar-refractivity contribution in [3.8, 4) is 0 Å². The fourth-order valence-electron chi connectivity index (χ4n) is 4.31. The molecule has 0 aliphatic carbocycles. The molecule has 25 heavy (non-hydrogen) atoms. The molecule has 0 unspecified atom stereocenters. The van der Waals surface area contributed by atoms with Gasteiger partial charge in [-0.3, -0.25) is 9.59 Å². The van der Waals surface area contributed by atoms with E-state index in [1.165, 1.54) is 5.56 Å². The summed E-state index contributed by atoms with van der Waals surface area (Å²) in [4.78, 5) is 29.1. The van der Waals surface area contributed by atoms with Crippen molar-refractivity contribution in [2.24, 2.45) is 11.8 Å². The SMILES string of the molecule is CCC(=O)N1CCC([C@H]2CCCCN(Cc3ccccc3)C2=O)CC1. The first-order chi connectivity index (χ1) is 12.2. The summed E-state index contributed by atoms with van der Waals surface area (Å²) in [5.41, 5.74) is 1.21. The molecule has 0 aromatic heterocycles. The molecule has 0 bridgehead atoms. The highest BCUT2D eigenvalue weighted by molar-refractivity contribution is 5.79. The smallest absolute Gasteiger partial charge is 0.226 e. The molecule has 0 saturated carbocycles. The van der Waals surface area contributed by atoms with Crippen molar-refractivity contribution in [2.75, 3.05) is 19.6 Å². The van der Waals surface area contributed by atoms with Crippen LogP contribution in [-0.4, -0.2) is 41.2 Å². The van der Waals surface area contributed by atoms with E-state index >= 15 is 0 Å². The fourth-order valence-corrected chi connectivity index (χ4v) is 4.31. The molecule has 1 aromatic rings. The van der Waals surface area contributed by atoms with Crippen LogP contribution in [0.15, 0.2) is 30.3 Å². The van der Waals surface area contributed by atoms with Gasteiger partial charge in [-0.15, -0.1) is 0 Å². The largest absolute Gasteiger partial charge is 0.343 e. The lowest BCUT2D eigenvalue weighted by molar-refractivity contribution is -0.138. The van der Waals surface area contributed by atoms with Crippen molar-refractivity contribution in [3.05, 3.63) is 35.9 Å². The van der Waals surface area contributed by atoms with Gasteiger partial charge in [0, 0.05) is 38.5 Å². The van der Waals surface area contributed by atoms with E-state index in [1.54, 1.807) is 0 Å². The van der Waals surface area contributed by atoms with Crippen LogP contribution in [0.3, 0.4) is 0 Å². The standard InChI is InChI=1S/C21H30N2O2/c1-2-20(24)22-14-11-18(12-15-22)19-10-6-7-13-23(21(19)25)16-17-8-4-3-5-9-17/h3-5,8-9,18-19H,2,6-7,10-16H2,1H3/t19-/m1/s1. The number of hydrogen-bond acceptors (Lipinski definition) is 2. The van der Waals surface area contributed by atoms with E-state index in [4.69, 9.17) is 0 Å². The van der Waals surface area contributed by atoms with Crippen LogP contribution in [0.5, 0.6) is 0 Å². The van der Waals surface area contributed by atoms with Crippen molar-refractivity contribution >= 4 is 11.8 Å². The van der Waals surface area contributed by atoms with Crippen LogP contribution in [-0.2, 0) is 16.1 Å². The maximum absolute atomic E-state index is 13.2. The summed E-state index contributed by atoms with van der Waals surface area (Å²) >= 11 is 0. The monoisotopic (exact) mass is 342 g/mol. The molecule has 0 N–H and O–H groups in total. The Balaban J connectivity index is 1.63.